The summed E-state index contributed by atoms with van der Waals surface area (Å²) >= 11 is 12.0. The van der Waals surface area contributed by atoms with Crippen molar-refractivity contribution in [1.82, 2.24) is 18.7 Å². The van der Waals surface area contributed by atoms with Crippen molar-refractivity contribution in [3.63, 3.8) is 0 Å². The van der Waals surface area contributed by atoms with E-state index in [9.17, 15) is 19.5 Å². The molecule has 0 saturated heterocycles. The number of carbonyl (C=O) groups is 1. The van der Waals surface area contributed by atoms with Crippen LogP contribution in [0.4, 0.5) is 5.95 Å². The Hall–Kier alpha value is -2.78. The Balaban J connectivity index is 1.68. The summed E-state index contributed by atoms with van der Waals surface area (Å²) in [4.78, 5) is 41.8. The molecule has 9 nitrogen and oxygen atoms in total. The molecule has 1 aliphatic carbocycles. The van der Waals surface area contributed by atoms with Gasteiger partial charge < -0.3 is 15.0 Å². The van der Waals surface area contributed by atoms with Crippen LogP contribution in [0.5, 0.6) is 0 Å². The third-order valence-electron chi connectivity index (χ3n) is 6.09. The second-order valence-electron chi connectivity index (χ2n) is 8.18. The first-order valence-electron chi connectivity index (χ1n) is 10.3. The monoisotopic (exact) mass is 479 g/mol. The number of benzene rings is 1. The lowest BCUT2D eigenvalue weighted by atomic mass is 9.86. The molecule has 2 N–H and O–H groups in total. The van der Waals surface area contributed by atoms with Crippen LogP contribution in [0.15, 0.2) is 27.8 Å². The summed E-state index contributed by atoms with van der Waals surface area (Å²) in [5.41, 5.74) is 0.323. The van der Waals surface area contributed by atoms with Gasteiger partial charge in [-0.3, -0.25) is 18.7 Å². The number of nitrogens with zero attached hydrogens (tertiary/aromatic N) is 4. The number of carboxylic acids is 1. The number of hydrogen-bond donors (Lipinski definition) is 2. The Morgan fingerprint density at radius 1 is 1.12 bits per heavy atom. The van der Waals surface area contributed by atoms with Crippen LogP contribution >= 0.6 is 23.2 Å². The summed E-state index contributed by atoms with van der Waals surface area (Å²) in [6.45, 7) is 0.0471. The zero-order valence-corrected chi connectivity index (χ0v) is 19.2. The summed E-state index contributed by atoms with van der Waals surface area (Å²) in [7, 11) is 3.29. The zero-order chi connectivity index (χ0) is 23.2. The van der Waals surface area contributed by atoms with Gasteiger partial charge in [-0.2, -0.15) is 4.98 Å². The molecule has 0 atom stereocenters. The number of nitrogens with one attached hydrogen (secondary N) is 1. The Kier molecular flexibility index (Phi) is 6.05. The molecular formula is C21H23Cl2N5O4. The predicted molar refractivity (Wildman–Crippen MR) is 123 cm³/mol. The van der Waals surface area contributed by atoms with Crippen LogP contribution in [0.1, 0.15) is 31.2 Å². The first-order chi connectivity index (χ1) is 15.2. The highest BCUT2D eigenvalue weighted by atomic mass is 35.5. The van der Waals surface area contributed by atoms with Crippen LogP contribution in [0.3, 0.4) is 0 Å². The van der Waals surface area contributed by atoms with Crippen molar-refractivity contribution in [2.75, 3.05) is 5.32 Å². The van der Waals surface area contributed by atoms with Crippen molar-refractivity contribution in [3.8, 4) is 0 Å². The van der Waals surface area contributed by atoms with Crippen molar-refractivity contribution in [2.24, 2.45) is 20.0 Å². The molecule has 0 unspecified atom stereocenters. The smallest absolute Gasteiger partial charge is 0.332 e. The molecule has 1 saturated carbocycles. The van der Waals surface area contributed by atoms with E-state index < -0.39 is 17.2 Å². The molecule has 0 spiro atoms. The standard InChI is InChI=1S/C21H23Cl2N5O4/c1-26-16-17(25-20(26)24-13-6-4-12(5-7-13)19(30)31)27(2)21(32)28(18(16)29)10-11-3-8-14(22)15(23)9-11/h3,8-9,12-13H,4-7,10H2,1-2H3,(H,24,25)(H,30,31)/t12-,13+. The highest BCUT2D eigenvalue weighted by Crippen LogP contribution is 2.27. The van der Waals surface area contributed by atoms with E-state index >= 15 is 0 Å². The first kappa shape index (κ1) is 22.4. The highest BCUT2D eigenvalue weighted by Gasteiger charge is 2.27. The zero-order valence-electron chi connectivity index (χ0n) is 17.6. The second kappa shape index (κ2) is 8.63. The van der Waals surface area contributed by atoms with Gasteiger partial charge in [-0.05, 0) is 43.4 Å². The quantitative estimate of drug-likeness (QED) is 0.581. The van der Waals surface area contributed by atoms with Gasteiger partial charge in [0.2, 0.25) is 5.95 Å². The molecule has 0 radical (unpaired) electrons. The van der Waals surface area contributed by atoms with Crippen molar-refractivity contribution in [2.45, 2.75) is 38.3 Å². The van der Waals surface area contributed by atoms with E-state index in [1.807, 2.05) is 0 Å². The van der Waals surface area contributed by atoms with Crippen LogP contribution in [0, 0.1) is 5.92 Å². The molecule has 32 heavy (non-hydrogen) atoms. The summed E-state index contributed by atoms with van der Waals surface area (Å²) in [6.07, 6.45) is 2.57. The van der Waals surface area contributed by atoms with Gasteiger partial charge in [0, 0.05) is 20.1 Å². The average molecular weight is 480 g/mol. The van der Waals surface area contributed by atoms with Crippen LogP contribution in [0.2, 0.25) is 10.0 Å². The number of anilines is 1. The predicted octanol–water partition coefficient (Wildman–Crippen LogP) is 2.84. The van der Waals surface area contributed by atoms with E-state index in [1.165, 1.54) is 4.57 Å². The van der Waals surface area contributed by atoms with Gasteiger partial charge in [-0.1, -0.05) is 29.3 Å². The number of aryl methyl sites for hydroxylation is 2. The fourth-order valence-corrected chi connectivity index (χ4v) is 4.52. The Bertz CT molecular complexity index is 1320. The molecule has 1 aliphatic rings. The number of rotatable bonds is 5. The van der Waals surface area contributed by atoms with Crippen LogP contribution in [-0.4, -0.2) is 35.8 Å². The summed E-state index contributed by atoms with van der Waals surface area (Å²) < 4.78 is 4.14. The fraction of sp³-hybridized carbons (Fsp3) is 0.429. The molecule has 170 valence electrons. The Labute approximate surface area is 193 Å². The first-order valence-corrected chi connectivity index (χ1v) is 11.0. The maximum Gasteiger partial charge on any atom is 0.332 e. The number of halogens is 2. The maximum atomic E-state index is 13.2. The SMILES string of the molecule is Cn1c(N[C@H]2CC[C@@H](C(=O)O)CC2)nc2c1c(=O)n(Cc1ccc(Cl)c(Cl)c1)c(=O)n2C. The molecule has 1 aromatic carbocycles. The Morgan fingerprint density at radius 2 is 1.81 bits per heavy atom. The molecule has 1 fully saturated rings. The van der Waals surface area contributed by atoms with Crippen molar-refractivity contribution < 1.29 is 9.90 Å². The minimum Gasteiger partial charge on any atom is -0.481 e. The number of aliphatic carboxylic acids is 1. The summed E-state index contributed by atoms with van der Waals surface area (Å²) in [6, 6.07) is 5.02. The maximum absolute atomic E-state index is 13.2. The molecule has 2 aromatic heterocycles. The molecule has 0 aliphatic heterocycles. The van der Waals surface area contributed by atoms with Crippen molar-refractivity contribution in [1.29, 1.82) is 0 Å². The molecule has 0 bridgehead atoms. The number of aromatic nitrogens is 4. The van der Waals surface area contributed by atoms with Crippen LogP contribution in [-0.2, 0) is 25.4 Å². The van der Waals surface area contributed by atoms with Gasteiger partial charge in [0.1, 0.15) is 0 Å². The topological polar surface area (TPSA) is 111 Å². The van der Waals surface area contributed by atoms with E-state index in [0.717, 1.165) is 4.57 Å². The van der Waals surface area contributed by atoms with Gasteiger partial charge >= 0.3 is 11.7 Å². The molecule has 4 rings (SSSR count). The van der Waals surface area contributed by atoms with E-state index in [4.69, 9.17) is 23.2 Å². The molecule has 11 heteroatoms. The number of fused-ring (bicyclic) bond motifs is 1. The van der Waals surface area contributed by atoms with Gasteiger partial charge in [-0.15, -0.1) is 0 Å². The highest BCUT2D eigenvalue weighted by molar-refractivity contribution is 6.42. The summed E-state index contributed by atoms with van der Waals surface area (Å²) in [5.74, 6) is -0.607. The summed E-state index contributed by atoms with van der Waals surface area (Å²) in [5, 5.41) is 13.2. The van der Waals surface area contributed by atoms with Gasteiger partial charge in [-0.25, -0.2) is 4.79 Å². The van der Waals surface area contributed by atoms with Crippen molar-refractivity contribution in [3.05, 3.63) is 54.6 Å². The van der Waals surface area contributed by atoms with Crippen molar-refractivity contribution >= 4 is 46.3 Å². The normalized spacial score (nSPS) is 18.8. The number of hydrogen-bond acceptors (Lipinski definition) is 5. The van der Waals surface area contributed by atoms with Gasteiger partial charge in [0.05, 0.1) is 22.5 Å². The third kappa shape index (κ3) is 4.02. The van der Waals surface area contributed by atoms with Gasteiger partial charge in [0.15, 0.2) is 11.2 Å². The van der Waals surface area contributed by atoms with E-state index in [0.29, 0.717) is 52.8 Å². The third-order valence-corrected chi connectivity index (χ3v) is 6.83. The molecule has 2 heterocycles. The fourth-order valence-electron chi connectivity index (χ4n) is 4.20. The van der Waals surface area contributed by atoms with Crippen LogP contribution < -0.4 is 16.6 Å². The van der Waals surface area contributed by atoms with Gasteiger partial charge in [0.25, 0.3) is 5.56 Å². The lowest BCUT2D eigenvalue weighted by molar-refractivity contribution is -0.142. The minimum absolute atomic E-state index is 0.0471. The van der Waals surface area contributed by atoms with E-state index in [1.54, 1.807) is 36.9 Å². The lowest BCUT2D eigenvalue weighted by Crippen LogP contribution is -2.39. The molecule has 0 amide bonds. The molecular weight excluding hydrogens is 457 g/mol. The van der Waals surface area contributed by atoms with E-state index in [-0.39, 0.29) is 24.2 Å². The van der Waals surface area contributed by atoms with Crippen LogP contribution in [0.25, 0.3) is 11.2 Å². The van der Waals surface area contributed by atoms with E-state index in [2.05, 4.69) is 10.3 Å². The second-order valence-corrected chi connectivity index (χ2v) is 8.99. The average Bonchev–Trinajstić information content (AvgIpc) is 3.09. The molecule has 3 aromatic rings. The Morgan fingerprint density at radius 3 is 2.44 bits per heavy atom. The lowest BCUT2D eigenvalue weighted by Gasteiger charge is -2.27. The minimum atomic E-state index is -0.760. The number of imidazole rings is 1. The number of carboxylic acid groups (broad SMARTS) is 1. The largest absolute Gasteiger partial charge is 0.481 e.